The van der Waals surface area contributed by atoms with E-state index in [9.17, 15) is 9.50 Å². The van der Waals surface area contributed by atoms with E-state index < -0.39 is 0 Å². The van der Waals surface area contributed by atoms with Crippen LogP contribution in [0.5, 0.6) is 0 Å². The Hall–Kier alpha value is -1.09. The van der Waals surface area contributed by atoms with Gasteiger partial charge in [-0.2, -0.15) is 0 Å². The van der Waals surface area contributed by atoms with Gasteiger partial charge in [0.15, 0.2) is 5.96 Å². The third-order valence-electron chi connectivity index (χ3n) is 4.40. The maximum absolute atomic E-state index is 14.5. The number of benzene rings is 1. The number of aliphatic imine (C=N–C) groups is 1. The highest BCUT2D eigenvalue weighted by atomic mass is 127. The van der Waals surface area contributed by atoms with E-state index in [1.807, 2.05) is 24.0 Å². The number of halogens is 2. The third-order valence-corrected chi connectivity index (χ3v) is 4.40. The lowest BCUT2D eigenvalue weighted by Crippen LogP contribution is -2.37. The fourth-order valence-electron chi connectivity index (χ4n) is 2.91. The maximum atomic E-state index is 14.5. The quantitative estimate of drug-likeness (QED) is 0.244. The molecule has 1 fully saturated rings. The maximum Gasteiger partial charge on any atom is 0.191 e. The summed E-state index contributed by atoms with van der Waals surface area (Å²) in [5.74, 6) is 0.554. The average molecular weight is 478 g/mol. The summed E-state index contributed by atoms with van der Waals surface area (Å²) < 4.78 is 14.5. The summed E-state index contributed by atoms with van der Waals surface area (Å²) in [6.07, 6.45) is 3.37. The van der Waals surface area contributed by atoms with Crippen molar-refractivity contribution in [2.24, 2.45) is 4.99 Å². The van der Waals surface area contributed by atoms with Crippen LogP contribution in [0.4, 0.5) is 10.1 Å². The molecule has 5 nitrogen and oxygen atoms in total. The van der Waals surface area contributed by atoms with E-state index in [0.29, 0.717) is 38.2 Å². The molecule has 1 heterocycles. The molecule has 0 atom stereocenters. The number of guanidine groups is 1. The molecule has 3 N–H and O–H groups in total. The molecule has 0 unspecified atom stereocenters. The largest absolute Gasteiger partial charge is 0.393 e. The Morgan fingerprint density at radius 1 is 1.27 bits per heavy atom. The summed E-state index contributed by atoms with van der Waals surface area (Å²) >= 11 is 0. The molecule has 26 heavy (non-hydrogen) atoms. The summed E-state index contributed by atoms with van der Waals surface area (Å²) in [6.45, 7) is 7.70. The summed E-state index contributed by atoms with van der Waals surface area (Å²) in [4.78, 5) is 6.54. The summed E-state index contributed by atoms with van der Waals surface area (Å²) in [7, 11) is 0. The number of hydrogen-bond donors (Lipinski definition) is 3. The monoisotopic (exact) mass is 478 g/mol. The highest BCUT2D eigenvalue weighted by Crippen LogP contribution is 2.24. The molecule has 1 aromatic rings. The minimum Gasteiger partial charge on any atom is -0.393 e. The Bertz CT molecular complexity index is 562. The molecule has 1 aliphatic rings. The molecule has 0 amide bonds. The Morgan fingerprint density at radius 2 is 2.00 bits per heavy atom. The van der Waals surface area contributed by atoms with Crippen LogP contribution in [0.15, 0.2) is 23.2 Å². The molecule has 0 spiro atoms. The van der Waals surface area contributed by atoms with Crippen LogP contribution >= 0.6 is 24.0 Å². The first-order chi connectivity index (χ1) is 12.1. The number of rotatable bonds is 7. The molecule has 0 aromatic heterocycles. The van der Waals surface area contributed by atoms with E-state index in [2.05, 4.69) is 22.5 Å². The Balaban J connectivity index is 0.00000338. The van der Waals surface area contributed by atoms with Crippen molar-refractivity contribution in [1.82, 2.24) is 10.6 Å². The topological polar surface area (TPSA) is 59.9 Å². The molecule has 0 aliphatic carbocycles. The smallest absolute Gasteiger partial charge is 0.191 e. The highest BCUT2D eigenvalue weighted by molar-refractivity contribution is 14.0. The lowest BCUT2D eigenvalue weighted by molar-refractivity contribution is 0.145. The van der Waals surface area contributed by atoms with Crippen LogP contribution in [-0.2, 0) is 6.54 Å². The van der Waals surface area contributed by atoms with Crippen molar-refractivity contribution in [2.75, 3.05) is 31.1 Å². The molecule has 2 rings (SSSR count). The number of aliphatic hydroxyl groups excluding tert-OH is 1. The SMILES string of the molecule is CCCCNC(=NCc1ccc(N2CCC(O)CC2)c(F)c1)NCC.I. The van der Waals surface area contributed by atoms with Crippen LogP contribution in [0, 0.1) is 5.82 Å². The number of anilines is 1. The second kappa shape index (κ2) is 12.3. The number of hydrogen-bond acceptors (Lipinski definition) is 3. The van der Waals surface area contributed by atoms with Crippen molar-refractivity contribution >= 4 is 35.6 Å². The molecule has 1 aliphatic heterocycles. The lowest BCUT2D eigenvalue weighted by Gasteiger charge is -2.31. The van der Waals surface area contributed by atoms with E-state index in [0.717, 1.165) is 37.5 Å². The van der Waals surface area contributed by atoms with Gasteiger partial charge in [-0.1, -0.05) is 19.4 Å². The minimum atomic E-state index is -0.252. The van der Waals surface area contributed by atoms with Crippen LogP contribution in [-0.4, -0.2) is 43.3 Å². The summed E-state index contributed by atoms with van der Waals surface area (Å²) in [6, 6.07) is 5.33. The number of aliphatic hydroxyl groups is 1. The highest BCUT2D eigenvalue weighted by Gasteiger charge is 2.19. The zero-order chi connectivity index (χ0) is 18.1. The molecule has 148 valence electrons. The van der Waals surface area contributed by atoms with Crippen LogP contribution in [0.1, 0.15) is 45.1 Å². The first kappa shape index (κ1) is 23.0. The van der Waals surface area contributed by atoms with Crippen LogP contribution < -0.4 is 15.5 Å². The fraction of sp³-hybridized carbons (Fsp3) is 0.632. The molecule has 0 saturated carbocycles. The molecule has 1 aromatic carbocycles. The van der Waals surface area contributed by atoms with Crippen molar-refractivity contribution in [3.63, 3.8) is 0 Å². The van der Waals surface area contributed by atoms with Crippen LogP contribution in [0.25, 0.3) is 0 Å². The van der Waals surface area contributed by atoms with Gasteiger partial charge in [-0.05, 0) is 43.9 Å². The second-order valence-corrected chi connectivity index (χ2v) is 6.48. The Morgan fingerprint density at radius 3 is 2.62 bits per heavy atom. The molecule has 7 heteroatoms. The average Bonchev–Trinajstić information content (AvgIpc) is 2.61. The van der Waals surface area contributed by atoms with Crippen molar-refractivity contribution in [2.45, 2.75) is 52.2 Å². The van der Waals surface area contributed by atoms with Gasteiger partial charge in [-0.15, -0.1) is 24.0 Å². The van der Waals surface area contributed by atoms with Gasteiger partial charge < -0.3 is 20.6 Å². The normalized spacial score (nSPS) is 15.5. The summed E-state index contributed by atoms with van der Waals surface area (Å²) in [5, 5.41) is 16.1. The van der Waals surface area contributed by atoms with Gasteiger partial charge >= 0.3 is 0 Å². The number of nitrogens with one attached hydrogen (secondary N) is 2. The Labute approximate surface area is 173 Å². The first-order valence-electron chi connectivity index (χ1n) is 9.37. The van der Waals surface area contributed by atoms with E-state index in [1.54, 1.807) is 6.07 Å². The Kier molecular flexibility index (Phi) is 10.9. The van der Waals surface area contributed by atoms with Gasteiger partial charge in [0.2, 0.25) is 0 Å². The first-order valence-corrected chi connectivity index (χ1v) is 9.37. The van der Waals surface area contributed by atoms with Gasteiger partial charge in [-0.3, -0.25) is 0 Å². The molecule has 1 saturated heterocycles. The second-order valence-electron chi connectivity index (χ2n) is 6.48. The molecule has 0 radical (unpaired) electrons. The van der Waals surface area contributed by atoms with E-state index >= 15 is 0 Å². The molecular formula is C19H32FIN4O. The zero-order valence-corrected chi connectivity index (χ0v) is 18.1. The standard InChI is InChI=1S/C19H31FN4O.HI/c1-3-5-10-22-19(21-4-2)23-14-15-6-7-18(17(20)13-15)24-11-8-16(25)9-12-24;/h6-7,13,16,25H,3-5,8-12,14H2,1-2H3,(H2,21,22,23);1H. The number of nitrogens with zero attached hydrogens (tertiary/aromatic N) is 2. The van der Waals surface area contributed by atoms with Crippen molar-refractivity contribution < 1.29 is 9.50 Å². The molecular weight excluding hydrogens is 446 g/mol. The molecule has 0 bridgehead atoms. The van der Waals surface area contributed by atoms with Gasteiger partial charge in [0.1, 0.15) is 5.82 Å². The van der Waals surface area contributed by atoms with Crippen molar-refractivity contribution in [1.29, 1.82) is 0 Å². The van der Waals surface area contributed by atoms with Gasteiger partial charge in [-0.25, -0.2) is 9.38 Å². The minimum absolute atomic E-state index is 0. The van der Waals surface area contributed by atoms with Crippen LogP contribution in [0.3, 0.4) is 0 Å². The van der Waals surface area contributed by atoms with Gasteiger partial charge in [0.25, 0.3) is 0 Å². The number of unbranched alkanes of at least 4 members (excludes halogenated alkanes) is 1. The third kappa shape index (κ3) is 7.26. The zero-order valence-electron chi connectivity index (χ0n) is 15.8. The predicted octanol–water partition coefficient (Wildman–Crippen LogP) is 3.26. The van der Waals surface area contributed by atoms with E-state index in [1.165, 1.54) is 0 Å². The van der Waals surface area contributed by atoms with Crippen LogP contribution in [0.2, 0.25) is 0 Å². The van der Waals surface area contributed by atoms with E-state index in [4.69, 9.17) is 0 Å². The summed E-state index contributed by atoms with van der Waals surface area (Å²) in [5.41, 5.74) is 1.47. The van der Waals surface area contributed by atoms with Crippen molar-refractivity contribution in [3.8, 4) is 0 Å². The fourth-order valence-corrected chi connectivity index (χ4v) is 2.91. The number of piperidine rings is 1. The van der Waals surface area contributed by atoms with Gasteiger partial charge in [0.05, 0.1) is 18.3 Å². The van der Waals surface area contributed by atoms with E-state index in [-0.39, 0.29) is 35.9 Å². The lowest BCUT2D eigenvalue weighted by atomic mass is 10.1. The van der Waals surface area contributed by atoms with Crippen molar-refractivity contribution in [3.05, 3.63) is 29.6 Å². The predicted molar refractivity (Wildman–Crippen MR) is 117 cm³/mol. The van der Waals surface area contributed by atoms with Gasteiger partial charge in [0, 0.05) is 26.2 Å².